The summed E-state index contributed by atoms with van der Waals surface area (Å²) in [5.41, 5.74) is 6.06. The Morgan fingerprint density at radius 3 is 2.81 bits per heavy atom. The highest BCUT2D eigenvalue weighted by Crippen LogP contribution is 2.27. The first kappa shape index (κ1) is 12.8. The molecule has 1 amide bonds. The first-order valence-corrected chi connectivity index (χ1v) is 5.77. The molecule has 88 valence electrons. The van der Waals surface area contributed by atoms with Crippen LogP contribution in [0.25, 0.3) is 0 Å². The summed E-state index contributed by atoms with van der Waals surface area (Å²) in [7, 11) is 1.60. The van der Waals surface area contributed by atoms with Crippen molar-refractivity contribution in [2.75, 3.05) is 12.4 Å². The minimum atomic E-state index is -0.372. The Balaban J connectivity index is 2.90. The quantitative estimate of drug-likeness (QED) is 0.872. The van der Waals surface area contributed by atoms with E-state index in [2.05, 4.69) is 21.2 Å². The standard InChI is InChI=1S/C11H15BrN2O2/c1-3-9(11(13)15)14-10-6-7(16-2)4-5-8(10)12/h4-6,9,14H,3H2,1-2H3,(H2,13,15). The number of rotatable bonds is 5. The van der Waals surface area contributed by atoms with Crippen LogP contribution in [-0.2, 0) is 4.79 Å². The highest BCUT2D eigenvalue weighted by atomic mass is 79.9. The Bertz CT molecular complexity index is 382. The number of primary amides is 1. The SMILES string of the molecule is CCC(Nc1cc(OC)ccc1Br)C(N)=O. The topological polar surface area (TPSA) is 64.3 Å². The van der Waals surface area contributed by atoms with Gasteiger partial charge in [-0.15, -0.1) is 0 Å². The maximum absolute atomic E-state index is 11.1. The first-order valence-electron chi connectivity index (χ1n) is 4.97. The van der Waals surface area contributed by atoms with Crippen molar-refractivity contribution in [3.8, 4) is 5.75 Å². The van der Waals surface area contributed by atoms with Gasteiger partial charge in [0.2, 0.25) is 5.91 Å². The number of nitrogens with one attached hydrogen (secondary N) is 1. The van der Waals surface area contributed by atoms with Crippen LogP contribution < -0.4 is 15.8 Å². The summed E-state index contributed by atoms with van der Waals surface area (Å²) < 4.78 is 5.98. The molecule has 0 aromatic heterocycles. The lowest BCUT2D eigenvalue weighted by Crippen LogP contribution is -2.34. The highest BCUT2D eigenvalue weighted by molar-refractivity contribution is 9.10. The molecule has 1 rings (SSSR count). The first-order chi connectivity index (χ1) is 7.58. The number of carbonyl (C=O) groups is 1. The van der Waals surface area contributed by atoms with Crippen molar-refractivity contribution in [2.24, 2.45) is 5.73 Å². The molecule has 0 radical (unpaired) electrons. The molecule has 0 saturated carbocycles. The average molecular weight is 287 g/mol. The number of halogens is 1. The molecule has 16 heavy (non-hydrogen) atoms. The van der Waals surface area contributed by atoms with Gasteiger partial charge in [-0.1, -0.05) is 6.92 Å². The Hall–Kier alpha value is -1.23. The van der Waals surface area contributed by atoms with Crippen LogP contribution in [0.15, 0.2) is 22.7 Å². The Morgan fingerprint density at radius 1 is 1.62 bits per heavy atom. The maximum atomic E-state index is 11.1. The van der Waals surface area contributed by atoms with Crippen LogP contribution >= 0.6 is 15.9 Å². The highest BCUT2D eigenvalue weighted by Gasteiger charge is 2.13. The normalized spacial score (nSPS) is 11.9. The van der Waals surface area contributed by atoms with Gasteiger partial charge in [0.05, 0.1) is 12.8 Å². The summed E-state index contributed by atoms with van der Waals surface area (Å²) in [4.78, 5) is 11.1. The summed E-state index contributed by atoms with van der Waals surface area (Å²) >= 11 is 3.40. The lowest BCUT2D eigenvalue weighted by Gasteiger charge is -2.16. The van der Waals surface area contributed by atoms with E-state index in [1.165, 1.54) is 0 Å². The fourth-order valence-electron chi connectivity index (χ4n) is 1.30. The molecule has 0 aliphatic heterocycles. The fourth-order valence-corrected chi connectivity index (χ4v) is 1.67. The fraction of sp³-hybridized carbons (Fsp3) is 0.364. The second-order valence-corrected chi connectivity index (χ2v) is 4.21. The van der Waals surface area contributed by atoms with E-state index in [0.717, 1.165) is 15.9 Å². The van der Waals surface area contributed by atoms with Crippen LogP contribution in [0.4, 0.5) is 5.69 Å². The third kappa shape index (κ3) is 3.13. The van der Waals surface area contributed by atoms with Crippen molar-refractivity contribution < 1.29 is 9.53 Å². The second-order valence-electron chi connectivity index (χ2n) is 3.35. The molecule has 1 aromatic carbocycles. The van der Waals surface area contributed by atoms with Crippen LogP contribution in [0.3, 0.4) is 0 Å². The van der Waals surface area contributed by atoms with Gasteiger partial charge in [-0.2, -0.15) is 0 Å². The smallest absolute Gasteiger partial charge is 0.239 e. The third-order valence-electron chi connectivity index (χ3n) is 2.25. The van der Waals surface area contributed by atoms with Crippen LogP contribution in [0, 0.1) is 0 Å². The summed E-state index contributed by atoms with van der Waals surface area (Å²) in [5, 5.41) is 3.07. The van der Waals surface area contributed by atoms with Crippen LogP contribution in [0.1, 0.15) is 13.3 Å². The van der Waals surface area contributed by atoms with Gasteiger partial charge in [-0.25, -0.2) is 0 Å². The number of ether oxygens (including phenoxy) is 1. The van der Waals surface area contributed by atoms with Crippen molar-refractivity contribution in [3.63, 3.8) is 0 Å². The molecule has 1 atom stereocenters. The molecular formula is C11H15BrN2O2. The van der Waals surface area contributed by atoms with E-state index in [4.69, 9.17) is 10.5 Å². The van der Waals surface area contributed by atoms with E-state index in [1.807, 2.05) is 25.1 Å². The Kier molecular flexibility index (Phi) is 4.61. The molecule has 0 heterocycles. The summed E-state index contributed by atoms with van der Waals surface area (Å²) in [5.74, 6) is 0.363. The maximum Gasteiger partial charge on any atom is 0.239 e. The zero-order valence-corrected chi connectivity index (χ0v) is 10.9. The van der Waals surface area contributed by atoms with Gasteiger partial charge in [0.15, 0.2) is 0 Å². The average Bonchev–Trinajstić information content (AvgIpc) is 2.27. The van der Waals surface area contributed by atoms with Gasteiger partial charge < -0.3 is 15.8 Å². The van der Waals surface area contributed by atoms with E-state index in [-0.39, 0.29) is 11.9 Å². The van der Waals surface area contributed by atoms with E-state index >= 15 is 0 Å². The number of amides is 1. The monoisotopic (exact) mass is 286 g/mol. The minimum absolute atomic E-state index is 0.364. The van der Waals surface area contributed by atoms with Crippen molar-refractivity contribution in [1.29, 1.82) is 0 Å². The molecule has 0 aliphatic carbocycles. The van der Waals surface area contributed by atoms with Gasteiger partial charge in [0, 0.05) is 10.5 Å². The molecule has 5 heteroatoms. The molecule has 1 aromatic rings. The molecule has 0 aliphatic rings. The van der Waals surface area contributed by atoms with Crippen LogP contribution in [0.2, 0.25) is 0 Å². The van der Waals surface area contributed by atoms with E-state index in [9.17, 15) is 4.79 Å². The molecule has 1 unspecified atom stereocenters. The summed E-state index contributed by atoms with van der Waals surface area (Å²) in [6.45, 7) is 1.90. The van der Waals surface area contributed by atoms with E-state index in [1.54, 1.807) is 7.11 Å². The van der Waals surface area contributed by atoms with Gasteiger partial charge in [0.25, 0.3) is 0 Å². The number of methoxy groups -OCH3 is 1. The van der Waals surface area contributed by atoms with E-state index in [0.29, 0.717) is 6.42 Å². The third-order valence-corrected chi connectivity index (χ3v) is 2.95. The molecule has 0 fully saturated rings. The van der Waals surface area contributed by atoms with Crippen LogP contribution in [-0.4, -0.2) is 19.1 Å². The van der Waals surface area contributed by atoms with Crippen LogP contribution in [0.5, 0.6) is 5.75 Å². The molecule has 3 N–H and O–H groups in total. The van der Waals surface area contributed by atoms with Crippen molar-refractivity contribution in [3.05, 3.63) is 22.7 Å². The van der Waals surface area contributed by atoms with Gasteiger partial charge in [-0.3, -0.25) is 4.79 Å². The lowest BCUT2D eigenvalue weighted by atomic mass is 10.2. The Morgan fingerprint density at radius 2 is 2.31 bits per heavy atom. The molecule has 0 bridgehead atoms. The van der Waals surface area contributed by atoms with Gasteiger partial charge in [-0.05, 0) is 34.5 Å². The zero-order chi connectivity index (χ0) is 12.1. The largest absolute Gasteiger partial charge is 0.497 e. The molecular weight excluding hydrogens is 272 g/mol. The van der Waals surface area contributed by atoms with Gasteiger partial charge in [0.1, 0.15) is 11.8 Å². The number of hydrogen-bond donors (Lipinski definition) is 2. The van der Waals surface area contributed by atoms with E-state index < -0.39 is 0 Å². The lowest BCUT2D eigenvalue weighted by molar-refractivity contribution is -0.118. The number of benzene rings is 1. The number of nitrogens with two attached hydrogens (primary N) is 1. The van der Waals surface area contributed by atoms with Gasteiger partial charge >= 0.3 is 0 Å². The predicted molar refractivity (Wildman–Crippen MR) is 67.6 cm³/mol. The Labute approximate surface area is 103 Å². The van der Waals surface area contributed by atoms with Crippen molar-refractivity contribution >= 4 is 27.5 Å². The minimum Gasteiger partial charge on any atom is -0.497 e. The molecule has 0 spiro atoms. The number of carbonyl (C=O) groups excluding carboxylic acids is 1. The molecule has 4 nitrogen and oxygen atoms in total. The summed E-state index contributed by atoms with van der Waals surface area (Å²) in [6.07, 6.45) is 0.638. The number of hydrogen-bond acceptors (Lipinski definition) is 3. The summed E-state index contributed by atoms with van der Waals surface area (Å²) in [6, 6.07) is 5.13. The molecule has 0 saturated heterocycles. The van der Waals surface area contributed by atoms with Crippen molar-refractivity contribution in [1.82, 2.24) is 0 Å². The number of anilines is 1. The van der Waals surface area contributed by atoms with Crippen molar-refractivity contribution in [2.45, 2.75) is 19.4 Å². The predicted octanol–water partition coefficient (Wildman–Crippen LogP) is 2.13. The zero-order valence-electron chi connectivity index (χ0n) is 9.29. The second kappa shape index (κ2) is 5.75.